The molecule has 0 fully saturated rings. The number of para-hydroxylation sites is 1. The van der Waals surface area contributed by atoms with E-state index in [9.17, 15) is 9.59 Å². The van der Waals surface area contributed by atoms with E-state index < -0.39 is 0 Å². The molecular formula is C19H22N4O3. The standard InChI is InChI=1S/C19H22N4O3/c1-3-13-6-4-5-7-16(13)21-19(25)20-14-8-9-17-15(12-14)18(24)22-23(17)10-11-26-2/h4-9,12H,3,10-11H2,1-2H3,(H,22,24)(H2,20,21,25). The number of nitrogens with one attached hydrogen (secondary N) is 3. The van der Waals surface area contributed by atoms with Gasteiger partial charge in [0.2, 0.25) is 0 Å². The summed E-state index contributed by atoms with van der Waals surface area (Å²) in [5.74, 6) is 0. The van der Waals surface area contributed by atoms with Gasteiger partial charge in [0.05, 0.1) is 24.1 Å². The summed E-state index contributed by atoms with van der Waals surface area (Å²) in [6.07, 6.45) is 0.826. The second-order valence-electron chi connectivity index (χ2n) is 5.91. The van der Waals surface area contributed by atoms with Gasteiger partial charge < -0.3 is 15.4 Å². The first kappa shape index (κ1) is 17.8. The van der Waals surface area contributed by atoms with E-state index in [1.807, 2.05) is 31.2 Å². The molecule has 3 aromatic rings. The average molecular weight is 354 g/mol. The Bertz CT molecular complexity index is 974. The van der Waals surface area contributed by atoms with Crippen molar-refractivity contribution in [3.8, 4) is 0 Å². The molecule has 0 saturated carbocycles. The van der Waals surface area contributed by atoms with Gasteiger partial charge in [0.15, 0.2) is 0 Å². The van der Waals surface area contributed by atoms with Gasteiger partial charge in [-0.15, -0.1) is 0 Å². The number of carbonyl (C=O) groups excluding carboxylic acids is 1. The molecule has 26 heavy (non-hydrogen) atoms. The molecular weight excluding hydrogens is 332 g/mol. The van der Waals surface area contributed by atoms with Gasteiger partial charge in [-0.3, -0.25) is 14.6 Å². The molecule has 0 atom stereocenters. The van der Waals surface area contributed by atoms with Gasteiger partial charge in [-0.25, -0.2) is 4.79 Å². The van der Waals surface area contributed by atoms with Crippen molar-refractivity contribution in [1.82, 2.24) is 9.78 Å². The number of urea groups is 1. The molecule has 0 aliphatic heterocycles. The highest BCUT2D eigenvalue weighted by atomic mass is 16.5. The Labute approximate surface area is 151 Å². The molecule has 2 amide bonds. The fraction of sp³-hybridized carbons (Fsp3) is 0.263. The van der Waals surface area contributed by atoms with E-state index in [2.05, 4.69) is 15.7 Å². The number of anilines is 2. The summed E-state index contributed by atoms with van der Waals surface area (Å²) in [6.45, 7) is 3.09. The third-order valence-corrected chi connectivity index (χ3v) is 4.19. The minimum absolute atomic E-state index is 0.198. The molecule has 0 aliphatic rings. The maximum Gasteiger partial charge on any atom is 0.323 e. The molecule has 0 spiro atoms. The molecule has 7 heteroatoms. The summed E-state index contributed by atoms with van der Waals surface area (Å²) in [5.41, 5.74) is 2.96. The summed E-state index contributed by atoms with van der Waals surface area (Å²) in [7, 11) is 1.61. The van der Waals surface area contributed by atoms with Crippen molar-refractivity contribution in [3.05, 3.63) is 58.4 Å². The van der Waals surface area contributed by atoms with Crippen molar-refractivity contribution in [2.24, 2.45) is 0 Å². The number of aromatic amines is 1. The van der Waals surface area contributed by atoms with E-state index in [1.54, 1.807) is 30.0 Å². The second-order valence-corrected chi connectivity index (χ2v) is 5.91. The van der Waals surface area contributed by atoms with Crippen LogP contribution in [0.25, 0.3) is 10.9 Å². The molecule has 0 aliphatic carbocycles. The molecule has 0 saturated heterocycles. The molecule has 7 nitrogen and oxygen atoms in total. The Morgan fingerprint density at radius 2 is 2.00 bits per heavy atom. The minimum atomic E-state index is -0.347. The molecule has 3 rings (SSSR count). The van der Waals surface area contributed by atoms with Crippen molar-refractivity contribution in [2.45, 2.75) is 19.9 Å². The third kappa shape index (κ3) is 3.78. The van der Waals surface area contributed by atoms with Crippen LogP contribution in [0.15, 0.2) is 47.3 Å². The molecule has 0 bridgehead atoms. The number of methoxy groups -OCH3 is 1. The maximum absolute atomic E-state index is 12.3. The van der Waals surface area contributed by atoms with Crippen molar-refractivity contribution in [3.63, 3.8) is 0 Å². The zero-order valence-corrected chi connectivity index (χ0v) is 14.8. The van der Waals surface area contributed by atoms with E-state index in [1.165, 1.54) is 0 Å². The SMILES string of the molecule is CCc1ccccc1NC(=O)Nc1ccc2c(c1)c(=O)[nH]n2CCOC. The van der Waals surface area contributed by atoms with Crippen LogP contribution in [0.3, 0.4) is 0 Å². The minimum Gasteiger partial charge on any atom is -0.383 e. The van der Waals surface area contributed by atoms with Gasteiger partial charge >= 0.3 is 6.03 Å². The molecule has 1 aromatic heterocycles. The van der Waals surface area contributed by atoms with E-state index in [0.717, 1.165) is 23.2 Å². The smallest absolute Gasteiger partial charge is 0.323 e. The molecule has 2 aromatic carbocycles. The number of hydrogen-bond donors (Lipinski definition) is 3. The number of benzene rings is 2. The number of H-pyrrole nitrogens is 1. The Hall–Kier alpha value is -3.06. The summed E-state index contributed by atoms with van der Waals surface area (Å²) in [5, 5.41) is 8.92. The van der Waals surface area contributed by atoms with Crippen LogP contribution in [0.2, 0.25) is 0 Å². The van der Waals surface area contributed by atoms with Crippen LogP contribution in [-0.2, 0) is 17.7 Å². The van der Waals surface area contributed by atoms with Gasteiger partial charge in [0.1, 0.15) is 0 Å². The molecule has 3 N–H and O–H groups in total. The topological polar surface area (TPSA) is 88.2 Å². The van der Waals surface area contributed by atoms with Gasteiger partial charge in [-0.1, -0.05) is 25.1 Å². The lowest BCUT2D eigenvalue weighted by molar-refractivity contribution is 0.184. The lowest BCUT2D eigenvalue weighted by atomic mass is 10.1. The van der Waals surface area contributed by atoms with Crippen molar-refractivity contribution < 1.29 is 9.53 Å². The maximum atomic E-state index is 12.3. The summed E-state index contributed by atoms with van der Waals surface area (Å²) in [6, 6.07) is 12.6. The fourth-order valence-corrected chi connectivity index (χ4v) is 2.87. The van der Waals surface area contributed by atoms with Crippen molar-refractivity contribution in [1.29, 1.82) is 0 Å². The van der Waals surface area contributed by atoms with E-state index in [0.29, 0.717) is 24.2 Å². The number of carbonyl (C=O) groups is 1. The van der Waals surface area contributed by atoms with Crippen LogP contribution >= 0.6 is 0 Å². The van der Waals surface area contributed by atoms with E-state index in [-0.39, 0.29) is 11.6 Å². The summed E-state index contributed by atoms with van der Waals surface area (Å²) < 4.78 is 6.79. The Morgan fingerprint density at radius 3 is 2.77 bits per heavy atom. The lowest BCUT2D eigenvalue weighted by Gasteiger charge is -2.11. The second kappa shape index (κ2) is 7.88. The number of aromatic nitrogens is 2. The van der Waals surface area contributed by atoms with Crippen LogP contribution in [-0.4, -0.2) is 29.5 Å². The molecule has 136 valence electrons. The zero-order chi connectivity index (χ0) is 18.5. The number of hydrogen-bond acceptors (Lipinski definition) is 3. The first-order valence-corrected chi connectivity index (χ1v) is 8.49. The van der Waals surface area contributed by atoms with Crippen LogP contribution in [0.5, 0.6) is 0 Å². The van der Waals surface area contributed by atoms with Crippen LogP contribution in [0, 0.1) is 0 Å². The van der Waals surface area contributed by atoms with Crippen molar-refractivity contribution in [2.75, 3.05) is 24.4 Å². The largest absolute Gasteiger partial charge is 0.383 e. The Morgan fingerprint density at radius 1 is 1.19 bits per heavy atom. The van der Waals surface area contributed by atoms with Gasteiger partial charge in [0, 0.05) is 18.5 Å². The highest BCUT2D eigenvalue weighted by molar-refractivity contribution is 6.01. The Kier molecular flexibility index (Phi) is 5.38. The van der Waals surface area contributed by atoms with Crippen LogP contribution < -0.4 is 16.2 Å². The van der Waals surface area contributed by atoms with Crippen LogP contribution in [0.1, 0.15) is 12.5 Å². The highest BCUT2D eigenvalue weighted by Gasteiger charge is 2.10. The van der Waals surface area contributed by atoms with Crippen LogP contribution in [0.4, 0.5) is 16.2 Å². The summed E-state index contributed by atoms with van der Waals surface area (Å²) >= 11 is 0. The van der Waals surface area contributed by atoms with Gasteiger partial charge in [-0.05, 0) is 36.2 Å². The first-order valence-electron chi connectivity index (χ1n) is 8.49. The van der Waals surface area contributed by atoms with E-state index in [4.69, 9.17) is 4.74 Å². The van der Waals surface area contributed by atoms with Crippen molar-refractivity contribution >= 4 is 28.3 Å². The number of rotatable bonds is 6. The van der Waals surface area contributed by atoms with E-state index >= 15 is 0 Å². The number of ether oxygens (including phenoxy) is 1. The third-order valence-electron chi connectivity index (χ3n) is 4.19. The fourth-order valence-electron chi connectivity index (χ4n) is 2.87. The number of amides is 2. The molecule has 0 radical (unpaired) electrons. The predicted octanol–water partition coefficient (Wildman–Crippen LogP) is 3.18. The Balaban J connectivity index is 1.77. The van der Waals surface area contributed by atoms with Gasteiger partial charge in [-0.2, -0.15) is 0 Å². The number of nitrogens with zero attached hydrogens (tertiary/aromatic N) is 1. The normalized spacial score (nSPS) is 10.8. The summed E-state index contributed by atoms with van der Waals surface area (Å²) in [4.78, 5) is 24.4. The zero-order valence-electron chi connectivity index (χ0n) is 14.8. The number of aryl methyl sites for hydroxylation is 1. The quantitative estimate of drug-likeness (QED) is 0.635. The number of fused-ring (bicyclic) bond motifs is 1. The average Bonchev–Trinajstić information content (AvgIpc) is 2.95. The monoisotopic (exact) mass is 354 g/mol. The molecule has 1 heterocycles. The lowest BCUT2D eigenvalue weighted by Crippen LogP contribution is -2.20. The predicted molar refractivity (Wildman–Crippen MR) is 103 cm³/mol. The van der Waals surface area contributed by atoms with Gasteiger partial charge in [0.25, 0.3) is 5.56 Å². The molecule has 0 unspecified atom stereocenters. The highest BCUT2D eigenvalue weighted by Crippen LogP contribution is 2.18. The first-order chi connectivity index (χ1) is 12.6.